The van der Waals surface area contributed by atoms with Gasteiger partial charge in [-0.25, -0.2) is 0 Å². The number of hydrogen-bond donors (Lipinski definition) is 0. The third-order valence-corrected chi connectivity index (χ3v) is 6.67. The molecular formula is C28H30. The summed E-state index contributed by atoms with van der Waals surface area (Å²) < 4.78 is 0. The quantitative estimate of drug-likeness (QED) is 0.353. The lowest BCUT2D eigenvalue weighted by molar-refractivity contribution is 0.368. The second kappa shape index (κ2) is 5.60. The SMILES string of the molecule is CC(C)(C)c1ccc2c3c1C=CCc3c1c3c(cccc32)C(C(C)(C)C)C=C1. The number of benzene rings is 3. The zero-order valence-corrected chi connectivity index (χ0v) is 18.0. The Kier molecular flexibility index (Phi) is 3.55. The summed E-state index contributed by atoms with van der Waals surface area (Å²) in [6, 6.07) is 11.7. The third kappa shape index (κ3) is 2.37. The lowest BCUT2D eigenvalue weighted by Crippen LogP contribution is -2.19. The average Bonchev–Trinajstić information content (AvgIpc) is 2.63. The average molecular weight is 367 g/mol. The van der Waals surface area contributed by atoms with Crippen molar-refractivity contribution in [3.05, 3.63) is 70.3 Å². The molecule has 3 aromatic carbocycles. The van der Waals surface area contributed by atoms with E-state index in [0.29, 0.717) is 5.92 Å². The monoisotopic (exact) mass is 366 g/mol. The highest BCUT2D eigenvalue weighted by molar-refractivity contribution is 6.17. The van der Waals surface area contributed by atoms with Crippen molar-refractivity contribution in [3.63, 3.8) is 0 Å². The first-order valence-corrected chi connectivity index (χ1v) is 10.6. The molecule has 0 N–H and O–H groups in total. The lowest BCUT2D eigenvalue weighted by Gasteiger charge is -2.34. The van der Waals surface area contributed by atoms with E-state index in [2.05, 4.69) is 96.2 Å². The summed E-state index contributed by atoms with van der Waals surface area (Å²) >= 11 is 0. The Labute approximate surface area is 169 Å². The first kappa shape index (κ1) is 17.7. The van der Waals surface area contributed by atoms with Crippen LogP contribution in [0.15, 0.2) is 42.5 Å². The molecule has 0 saturated heterocycles. The number of hydrogen-bond acceptors (Lipinski definition) is 0. The predicted octanol–water partition coefficient (Wildman–Crippen LogP) is 8.02. The Bertz CT molecular complexity index is 1190. The van der Waals surface area contributed by atoms with Crippen LogP contribution in [0.1, 0.15) is 75.3 Å². The van der Waals surface area contributed by atoms with Crippen LogP contribution in [0.25, 0.3) is 33.7 Å². The van der Waals surface area contributed by atoms with Crippen LogP contribution < -0.4 is 0 Å². The van der Waals surface area contributed by atoms with Gasteiger partial charge in [0.05, 0.1) is 0 Å². The van der Waals surface area contributed by atoms with Gasteiger partial charge in [-0.15, -0.1) is 0 Å². The van der Waals surface area contributed by atoms with Gasteiger partial charge in [-0.1, -0.05) is 96.2 Å². The van der Waals surface area contributed by atoms with Gasteiger partial charge in [-0.2, -0.15) is 0 Å². The summed E-state index contributed by atoms with van der Waals surface area (Å²) in [7, 11) is 0. The fraction of sp³-hybridized carbons (Fsp3) is 0.357. The van der Waals surface area contributed by atoms with E-state index >= 15 is 0 Å². The van der Waals surface area contributed by atoms with E-state index in [1.54, 1.807) is 0 Å². The molecular weight excluding hydrogens is 336 g/mol. The smallest absolute Gasteiger partial charge is 0.00762 e. The molecule has 1 unspecified atom stereocenters. The Morgan fingerprint density at radius 3 is 2.25 bits per heavy atom. The first-order chi connectivity index (χ1) is 13.2. The van der Waals surface area contributed by atoms with Crippen molar-refractivity contribution in [2.45, 2.75) is 59.3 Å². The molecule has 0 nitrogen and oxygen atoms in total. The van der Waals surface area contributed by atoms with Gasteiger partial charge in [0.2, 0.25) is 0 Å². The standard InChI is InChI=1S/C28H30/c1-27(2,3)23-15-13-19-18-10-8-12-22-24(28(4,5)6)16-14-20(26(18)22)17-9-7-11-21(23)25(17)19/h7-9,11-16,23H,10H2,1-6H3. The molecule has 2 aliphatic carbocycles. The highest BCUT2D eigenvalue weighted by atomic mass is 14.3. The van der Waals surface area contributed by atoms with Crippen molar-refractivity contribution in [1.29, 1.82) is 0 Å². The van der Waals surface area contributed by atoms with Crippen LogP contribution in [0.3, 0.4) is 0 Å². The molecule has 0 heterocycles. The molecule has 0 fully saturated rings. The van der Waals surface area contributed by atoms with Gasteiger partial charge in [0.1, 0.15) is 0 Å². The summed E-state index contributed by atoms with van der Waals surface area (Å²) in [6.45, 7) is 14.0. The zero-order valence-electron chi connectivity index (χ0n) is 18.0. The Hall–Kier alpha value is -2.34. The topological polar surface area (TPSA) is 0 Å². The maximum absolute atomic E-state index is 2.45. The van der Waals surface area contributed by atoms with Crippen molar-refractivity contribution >= 4 is 33.7 Å². The molecule has 0 radical (unpaired) electrons. The van der Waals surface area contributed by atoms with Gasteiger partial charge in [0.25, 0.3) is 0 Å². The van der Waals surface area contributed by atoms with E-state index in [4.69, 9.17) is 0 Å². The van der Waals surface area contributed by atoms with E-state index in [1.807, 2.05) is 0 Å². The molecule has 0 bridgehead atoms. The second-order valence-corrected chi connectivity index (χ2v) is 10.7. The van der Waals surface area contributed by atoms with Crippen LogP contribution >= 0.6 is 0 Å². The molecule has 0 spiro atoms. The second-order valence-electron chi connectivity index (χ2n) is 10.7. The van der Waals surface area contributed by atoms with Gasteiger partial charge in [0, 0.05) is 5.92 Å². The fourth-order valence-corrected chi connectivity index (χ4v) is 5.38. The van der Waals surface area contributed by atoms with Crippen LogP contribution in [-0.4, -0.2) is 0 Å². The molecule has 0 saturated carbocycles. The summed E-state index contributed by atoms with van der Waals surface area (Å²) in [5, 5.41) is 5.80. The normalized spacial score (nSPS) is 18.3. The van der Waals surface area contributed by atoms with E-state index in [1.165, 1.54) is 49.4 Å². The van der Waals surface area contributed by atoms with Gasteiger partial charge in [-0.05, 0) is 66.6 Å². The number of allylic oxidation sites excluding steroid dienone is 2. The van der Waals surface area contributed by atoms with Gasteiger partial charge < -0.3 is 0 Å². The van der Waals surface area contributed by atoms with E-state index in [-0.39, 0.29) is 10.8 Å². The molecule has 28 heavy (non-hydrogen) atoms. The van der Waals surface area contributed by atoms with E-state index < -0.39 is 0 Å². The molecule has 5 rings (SSSR count). The van der Waals surface area contributed by atoms with Gasteiger partial charge in [-0.3, -0.25) is 0 Å². The predicted molar refractivity (Wildman–Crippen MR) is 124 cm³/mol. The van der Waals surface area contributed by atoms with Crippen molar-refractivity contribution in [2.75, 3.05) is 0 Å². The maximum atomic E-state index is 2.45. The van der Waals surface area contributed by atoms with Gasteiger partial charge in [0.15, 0.2) is 0 Å². The highest BCUT2D eigenvalue weighted by Gasteiger charge is 2.31. The lowest BCUT2D eigenvalue weighted by atomic mass is 9.70. The van der Waals surface area contributed by atoms with E-state index in [0.717, 1.165) is 6.42 Å². The van der Waals surface area contributed by atoms with Crippen LogP contribution in [0.5, 0.6) is 0 Å². The minimum absolute atomic E-state index is 0.143. The molecule has 0 aliphatic heterocycles. The molecule has 0 amide bonds. The molecule has 0 aromatic heterocycles. The Morgan fingerprint density at radius 2 is 1.54 bits per heavy atom. The number of fused-ring (bicyclic) bond motifs is 2. The Balaban J connectivity index is 1.97. The van der Waals surface area contributed by atoms with Crippen LogP contribution in [-0.2, 0) is 11.8 Å². The molecule has 0 heteroatoms. The Morgan fingerprint density at radius 1 is 0.786 bits per heavy atom. The van der Waals surface area contributed by atoms with Crippen molar-refractivity contribution in [3.8, 4) is 0 Å². The minimum Gasteiger partial charge on any atom is -0.0795 e. The van der Waals surface area contributed by atoms with Crippen LogP contribution in [0, 0.1) is 5.41 Å². The highest BCUT2D eigenvalue weighted by Crippen LogP contribution is 2.49. The molecule has 2 aliphatic rings. The van der Waals surface area contributed by atoms with Crippen LogP contribution in [0.2, 0.25) is 0 Å². The largest absolute Gasteiger partial charge is 0.0795 e. The number of rotatable bonds is 0. The van der Waals surface area contributed by atoms with Gasteiger partial charge >= 0.3 is 0 Å². The maximum Gasteiger partial charge on any atom is 0.00762 e. The zero-order chi connectivity index (χ0) is 19.8. The summed E-state index contributed by atoms with van der Waals surface area (Å²) in [5.74, 6) is 0.459. The third-order valence-electron chi connectivity index (χ3n) is 6.67. The molecule has 3 aromatic rings. The summed E-state index contributed by atoms with van der Waals surface area (Å²) in [5.41, 5.74) is 7.71. The van der Waals surface area contributed by atoms with Crippen molar-refractivity contribution in [1.82, 2.24) is 0 Å². The van der Waals surface area contributed by atoms with Crippen molar-refractivity contribution in [2.24, 2.45) is 5.41 Å². The summed E-state index contributed by atoms with van der Waals surface area (Å²) in [4.78, 5) is 0. The molecule has 142 valence electrons. The minimum atomic E-state index is 0.143. The van der Waals surface area contributed by atoms with Crippen molar-refractivity contribution < 1.29 is 0 Å². The fourth-order valence-electron chi connectivity index (χ4n) is 5.38. The summed E-state index contributed by atoms with van der Waals surface area (Å²) in [6.07, 6.45) is 10.6. The van der Waals surface area contributed by atoms with Crippen LogP contribution in [0.4, 0.5) is 0 Å². The first-order valence-electron chi connectivity index (χ1n) is 10.6. The van der Waals surface area contributed by atoms with E-state index in [9.17, 15) is 0 Å². The molecule has 1 atom stereocenters.